The van der Waals surface area contributed by atoms with E-state index in [1.807, 2.05) is 37.4 Å². The van der Waals surface area contributed by atoms with E-state index >= 15 is 0 Å². The Balaban J connectivity index is 1.44. The number of pyridine rings is 1. The fraction of sp³-hybridized carbons (Fsp3) is 0.370. The van der Waals surface area contributed by atoms with Gasteiger partial charge in [-0.25, -0.2) is 8.42 Å². The molecule has 1 aromatic heterocycles. The van der Waals surface area contributed by atoms with Gasteiger partial charge in [0.1, 0.15) is 0 Å². The Labute approximate surface area is 201 Å². The summed E-state index contributed by atoms with van der Waals surface area (Å²) in [4.78, 5) is 6.90. The number of aliphatic hydroxyl groups is 1. The molecular weight excluding hydrogens is 446 g/mol. The van der Waals surface area contributed by atoms with Crippen LogP contribution in [-0.2, 0) is 10.0 Å². The predicted molar refractivity (Wildman–Crippen MR) is 133 cm³/mol. The summed E-state index contributed by atoms with van der Waals surface area (Å²) < 4.78 is 28.9. The van der Waals surface area contributed by atoms with Gasteiger partial charge in [-0.1, -0.05) is 48.5 Å². The molecule has 3 aromatic rings. The third-order valence-electron chi connectivity index (χ3n) is 7.33. The van der Waals surface area contributed by atoms with Gasteiger partial charge in [-0.3, -0.25) is 9.88 Å². The van der Waals surface area contributed by atoms with Crippen molar-refractivity contribution in [1.82, 2.24) is 14.2 Å². The minimum Gasteiger partial charge on any atom is -0.395 e. The standard InChI is InChI=1S/C27H31N3O3S/c1-20-7-2-3-9-26(20)34(32,33)29-15-4-5-16-30-24(18-29)27(25(30)19-31)22-12-10-21(11-13-22)23-8-6-14-28-17-23/h2-3,6-14,17,24-25,27,31H,4-5,15-16,18-19H2,1H3/t24-,25-,27+/m1/s1. The maximum Gasteiger partial charge on any atom is 0.243 e. The molecule has 2 aliphatic rings. The van der Waals surface area contributed by atoms with Crippen molar-refractivity contribution in [1.29, 1.82) is 0 Å². The lowest BCUT2D eigenvalue weighted by molar-refractivity contribution is -0.0553. The fourth-order valence-corrected chi connectivity index (χ4v) is 7.27. The number of fused-ring (bicyclic) bond motifs is 1. The van der Waals surface area contributed by atoms with Crippen LogP contribution in [0.2, 0.25) is 0 Å². The average molecular weight is 478 g/mol. The van der Waals surface area contributed by atoms with Crippen molar-refractivity contribution in [2.24, 2.45) is 0 Å². The van der Waals surface area contributed by atoms with Crippen molar-refractivity contribution >= 4 is 10.0 Å². The second-order valence-electron chi connectivity index (χ2n) is 9.28. The Morgan fingerprint density at radius 2 is 1.74 bits per heavy atom. The zero-order valence-corrected chi connectivity index (χ0v) is 20.2. The predicted octanol–water partition coefficient (Wildman–Crippen LogP) is 3.67. The molecule has 2 fully saturated rings. The Morgan fingerprint density at radius 1 is 0.971 bits per heavy atom. The zero-order valence-electron chi connectivity index (χ0n) is 19.4. The molecule has 5 rings (SSSR count). The summed E-state index contributed by atoms with van der Waals surface area (Å²) in [5, 5.41) is 10.2. The molecule has 2 aromatic carbocycles. The quantitative estimate of drug-likeness (QED) is 0.607. The highest BCUT2D eigenvalue weighted by Crippen LogP contribution is 2.43. The molecule has 0 amide bonds. The Morgan fingerprint density at radius 3 is 2.44 bits per heavy atom. The Bertz CT molecular complexity index is 1230. The first-order valence-corrected chi connectivity index (χ1v) is 13.4. The Kier molecular flexibility index (Phi) is 6.53. The Hall–Kier alpha value is -2.58. The molecule has 0 radical (unpaired) electrons. The van der Waals surface area contributed by atoms with Crippen LogP contribution in [0, 0.1) is 6.92 Å². The number of rotatable bonds is 5. The van der Waals surface area contributed by atoms with E-state index in [0.717, 1.165) is 41.6 Å². The van der Waals surface area contributed by atoms with Crippen LogP contribution in [0.15, 0.2) is 78.0 Å². The molecule has 6 nitrogen and oxygen atoms in total. The second kappa shape index (κ2) is 9.58. The minimum atomic E-state index is -3.59. The molecule has 0 saturated carbocycles. The molecule has 3 heterocycles. The number of hydrogen-bond acceptors (Lipinski definition) is 5. The molecule has 0 unspecified atom stereocenters. The number of aromatic nitrogens is 1. The zero-order chi connectivity index (χ0) is 23.7. The van der Waals surface area contributed by atoms with Crippen LogP contribution in [0.25, 0.3) is 11.1 Å². The van der Waals surface area contributed by atoms with Gasteiger partial charge in [0.05, 0.1) is 11.5 Å². The van der Waals surface area contributed by atoms with Crippen LogP contribution in [-0.4, -0.2) is 66.0 Å². The smallest absolute Gasteiger partial charge is 0.243 e. The first-order chi connectivity index (χ1) is 16.5. The van der Waals surface area contributed by atoms with Crippen molar-refractivity contribution in [2.45, 2.75) is 42.7 Å². The molecule has 1 N–H and O–H groups in total. The van der Waals surface area contributed by atoms with Crippen molar-refractivity contribution in [2.75, 3.05) is 26.2 Å². The summed E-state index contributed by atoms with van der Waals surface area (Å²) in [7, 11) is -3.59. The van der Waals surface area contributed by atoms with Crippen LogP contribution < -0.4 is 0 Å². The molecule has 0 aliphatic carbocycles. The highest BCUT2D eigenvalue weighted by Gasteiger charge is 2.50. The van der Waals surface area contributed by atoms with E-state index in [1.165, 1.54) is 0 Å². The normalized spacial score (nSPS) is 24.0. The topological polar surface area (TPSA) is 73.7 Å². The summed E-state index contributed by atoms with van der Waals surface area (Å²) in [6.07, 6.45) is 5.34. The molecule has 178 valence electrons. The maximum absolute atomic E-state index is 13.6. The number of aliphatic hydroxyl groups excluding tert-OH is 1. The van der Waals surface area contributed by atoms with Gasteiger partial charge in [-0.15, -0.1) is 0 Å². The van der Waals surface area contributed by atoms with Gasteiger partial charge in [0.2, 0.25) is 10.0 Å². The van der Waals surface area contributed by atoms with Gasteiger partial charge in [-0.05, 0) is 60.7 Å². The van der Waals surface area contributed by atoms with E-state index in [9.17, 15) is 13.5 Å². The van der Waals surface area contributed by atoms with Crippen LogP contribution in [0.4, 0.5) is 0 Å². The number of nitrogens with zero attached hydrogens (tertiary/aromatic N) is 3. The number of sulfonamides is 1. The van der Waals surface area contributed by atoms with Gasteiger partial charge in [0.15, 0.2) is 0 Å². The monoisotopic (exact) mass is 477 g/mol. The second-order valence-corrected chi connectivity index (χ2v) is 11.2. The van der Waals surface area contributed by atoms with Gasteiger partial charge < -0.3 is 5.11 Å². The summed E-state index contributed by atoms with van der Waals surface area (Å²) in [6.45, 7) is 3.76. The van der Waals surface area contributed by atoms with Crippen molar-refractivity contribution in [3.8, 4) is 11.1 Å². The lowest BCUT2D eigenvalue weighted by Gasteiger charge is -2.57. The summed E-state index contributed by atoms with van der Waals surface area (Å²) >= 11 is 0. The third kappa shape index (κ3) is 4.18. The van der Waals surface area contributed by atoms with E-state index in [2.05, 4.69) is 34.1 Å². The molecule has 7 heteroatoms. The van der Waals surface area contributed by atoms with Crippen LogP contribution in [0.5, 0.6) is 0 Å². The van der Waals surface area contributed by atoms with Crippen molar-refractivity contribution in [3.05, 3.63) is 84.2 Å². The first kappa shape index (κ1) is 23.2. The lowest BCUT2D eigenvalue weighted by atomic mass is 9.74. The third-order valence-corrected chi connectivity index (χ3v) is 9.36. The van der Waals surface area contributed by atoms with Gasteiger partial charge in [0, 0.05) is 43.5 Å². The summed E-state index contributed by atoms with van der Waals surface area (Å²) in [5.41, 5.74) is 4.06. The maximum atomic E-state index is 13.6. The first-order valence-electron chi connectivity index (χ1n) is 11.9. The van der Waals surface area contributed by atoms with Crippen molar-refractivity contribution in [3.63, 3.8) is 0 Å². The molecule has 34 heavy (non-hydrogen) atoms. The number of hydrogen-bond donors (Lipinski definition) is 1. The molecule has 2 aliphatic heterocycles. The van der Waals surface area contributed by atoms with Crippen LogP contribution in [0.3, 0.4) is 0 Å². The van der Waals surface area contributed by atoms with Gasteiger partial charge >= 0.3 is 0 Å². The van der Waals surface area contributed by atoms with E-state index in [0.29, 0.717) is 18.0 Å². The molecule has 0 bridgehead atoms. The highest BCUT2D eigenvalue weighted by atomic mass is 32.2. The molecule has 3 atom stereocenters. The fourth-order valence-electron chi connectivity index (χ4n) is 5.54. The average Bonchev–Trinajstić information content (AvgIpc) is 2.84. The number of aryl methyl sites for hydroxylation is 1. The van der Waals surface area contributed by atoms with Crippen LogP contribution in [0.1, 0.15) is 29.9 Å². The SMILES string of the molecule is Cc1ccccc1S(=O)(=O)N1CCCCN2[C@H](CO)[C@@H](c3ccc(-c4cccnc4)cc3)[C@H]2C1. The summed E-state index contributed by atoms with van der Waals surface area (Å²) in [6, 6.07) is 19.6. The van der Waals surface area contributed by atoms with Gasteiger partial charge in [0.25, 0.3) is 0 Å². The summed E-state index contributed by atoms with van der Waals surface area (Å²) in [5.74, 6) is 0.0839. The minimum absolute atomic E-state index is 0.00959. The molecule has 0 spiro atoms. The van der Waals surface area contributed by atoms with Crippen LogP contribution >= 0.6 is 0 Å². The van der Waals surface area contributed by atoms with E-state index < -0.39 is 10.0 Å². The van der Waals surface area contributed by atoms with Gasteiger partial charge in [-0.2, -0.15) is 4.31 Å². The highest BCUT2D eigenvalue weighted by molar-refractivity contribution is 7.89. The lowest BCUT2D eigenvalue weighted by Crippen LogP contribution is -2.67. The van der Waals surface area contributed by atoms with E-state index in [4.69, 9.17) is 0 Å². The largest absolute Gasteiger partial charge is 0.395 e. The van der Waals surface area contributed by atoms with Crippen molar-refractivity contribution < 1.29 is 13.5 Å². The van der Waals surface area contributed by atoms with E-state index in [1.54, 1.807) is 22.6 Å². The molecular formula is C27H31N3O3S. The number of benzene rings is 2. The molecule has 2 saturated heterocycles. The van der Waals surface area contributed by atoms with E-state index in [-0.39, 0.29) is 24.6 Å².